The average Bonchev–Trinajstić information content (AvgIpc) is 2.42. The lowest BCUT2D eigenvalue weighted by atomic mass is 9.86. The molecule has 0 fully saturated rings. The lowest BCUT2D eigenvalue weighted by molar-refractivity contribution is -0.121. The molecule has 5 heteroatoms. The van der Waals surface area contributed by atoms with Crippen LogP contribution in [-0.4, -0.2) is 22.7 Å². The second kappa shape index (κ2) is 5.64. The van der Waals surface area contributed by atoms with Crippen LogP contribution in [0.1, 0.15) is 45.1 Å². The molecular formula is C15H20BrNO3. The molecule has 0 radical (unpaired) electrons. The number of anilines is 1. The number of hydrogen-bond acceptors (Lipinski definition) is 3. The molecule has 0 saturated carbocycles. The Morgan fingerprint density at radius 1 is 1.45 bits per heavy atom. The Morgan fingerprint density at radius 2 is 2.10 bits per heavy atom. The molecule has 0 aliphatic carbocycles. The number of nitrogens with zero attached hydrogens (tertiary/aromatic N) is 1. The van der Waals surface area contributed by atoms with E-state index >= 15 is 0 Å². The van der Waals surface area contributed by atoms with Gasteiger partial charge in [0, 0.05) is 24.1 Å². The number of hydrogen-bond donors (Lipinski definition) is 2. The van der Waals surface area contributed by atoms with Crippen LogP contribution in [0.3, 0.4) is 0 Å². The third-order valence-electron chi connectivity index (χ3n) is 3.87. The van der Waals surface area contributed by atoms with Crippen molar-refractivity contribution in [3.8, 4) is 11.5 Å². The number of fused-ring (bicyclic) bond motifs is 1. The van der Waals surface area contributed by atoms with E-state index in [0.29, 0.717) is 16.7 Å². The number of phenolic OH excluding ortho intramolecular Hbond substituents is 2. The van der Waals surface area contributed by atoms with Crippen LogP contribution >= 0.6 is 15.9 Å². The minimum absolute atomic E-state index is 0.00602. The summed E-state index contributed by atoms with van der Waals surface area (Å²) in [7, 11) is 0. The van der Waals surface area contributed by atoms with Gasteiger partial charge in [-0.1, -0.05) is 20.8 Å². The van der Waals surface area contributed by atoms with Crippen LogP contribution in [-0.2, 0) is 4.79 Å². The molecule has 110 valence electrons. The molecule has 20 heavy (non-hydrogen) atoms. The van der Waals surface area contributed by atoms with Gasteiger partial charge in [0.1, 0.15) is 11.5 Å². The first-order chi connectivity index (χ1) is 9.38. The monoisotopic (exact) mass is 341 g/mol. The van der Waals surface area contributed by atoms with Crippen molar-refractivity contribution in [1.29, 1.82) is 0 Å². The summed E-state index contributed by atoms with van der Waals surface area (Å²) in [5, 5.41) is 20.1. The van der Waals surface area contributed by atoms with Gasteiger partial charge < -0.3 is 15.1 Å². The quantitative estimate of drug-likeness (QED) is 0.861. The van der Waals surface area contributed by atoms with Crippen LogP contribution in [0, 0.1) is 5.92 Å². The van der Waals surface area contributed by atoms with Crippen molar-refractivity contribution in [2.45, 2.75) is 39.5 Å². The Kier molecular flexibility index (Phi) is 4.28. The van der Waals surface area contributed by atoms with E-state index in [4.69, 9.17) is 0 Å². The second-order valence-electron chi connectivity index (χ2n) is 5.53. The summed E-state index contributed by atoms with van der Waals surface area (Å²) in [5.74, 6) is 0.107. The summed E-state index contributed by atoms with van der Waals surface area (Å²) in [5.41, 5.74) is 1.39. The molecule has 1 aliphatic rings. The zero-order chi connectivity index (χ0) is 15.0. The van der Waals surface area contributed by atoms with Gasteiger partial charge in [0.15, 0.2) is 0 Å². The molecule has 1 amide bonds. The second-order valence-corrected chi connectivity index (χ2v) is 6.32. The molecule has 2 rings (SSSR count). The summed E-state index contributed by atoms with van der Waals surface area (Å²) in [6.07, 6.45) is 1.72. The minimum atomic E-state index is -0.127. The molecule has 1 atom stereocenters. The van der Waals surface area contributed by atoms with Gasteiger partial charge in [0.05, 0.1) is 10.2 Å². The molecule has 2 N–H and O–H groups in total. The zero-order valence-electron chi connectivity index (χ0n) is 12.0. The van der Waals surface area contributed by atoms with Crippen molar-refractivity contribution in [3.63, 3.8) is 0 Å². The Bertz CT molecular complexity index is 542. The predicted molar refractivity (Wildman–Crippen MR) is 82.3 cm³/mol. The molecule has 0 bridgehead atoms. The smallest absolute Gasteiger partial charge is 0.229 e. The number of carbonyl (C=O) groups is 1. The van der Waals surface area contributed by atoms with Crippen LogP contribution in [0.5, 0.6) is 11.5 Å². The molecule has 0 aromatic heterocycles. The van der Waals surface area contributed by atoms with E-state index in [-0.39, 0.29) is 29.2 Å². The van der Waals surface area contributed by atoms with Gasteiger partial charge in [-0.25, -0.2) is 0 Å². The first-order valence-electron chi connectivity index (χ1n) is 6.94. The van der Waals surface area contributed by atoms with Crippen LogP contribution < -0.4 is 4.90 Å². The molecule has 1 aromatic rings. The van der Waals surface area contributed by atoms with Crippen molar-refractivity contribution >= 4 is 27.5 Å². The molecule has 1 heterocycles. The van der Waals surface area contributed by atoms with Crippen molar-refractivity contribution < 1.29 is 15.0 Å². The fourth-order valence-corrected chi connectivity index (χ4v) is 3.32. The fraction of sp³-hybridized carbons (Fsp3) is 0.533. The van der Waals surface area contributed by atoms with Gasteiger partial charge in [0.25, 0.3) is 0 Å². The summed E-state index contributed by atoms with van der Waals surface area (Å²) < 4.78 is 0.484. The van der Waals surface area contributed by atoms with E-state index in [9.17, 15) is 15.0 Å². The number of benzene rings is 1. The maximum absolute atomic E-state index is 12.4. The topological polar surface area (TPSA) is 60.8 Å². The maximum atomic E-state index is 12.4. The minimum Gasteiger partial charge on any atom is -0.507 e. The van der Waals surface area contributed by atoms with Crippen LogP contribution in [0.25, 0.3) is 0 Å². The molecular weight excluding hydrogens is 322 g/mol. The average molecular weight is 342 g/mol. The predicted octanol–water partition coefficient (Wildman–Crippen LogP) is 3.75. The summed E-state index contributed by atoms with van der Waals surface area (Å²) in [4.78, 5) is 14.0. The van der Waals surface area contributed by atoms with Crippen molar-refractivity contribution in [2.75, 3.05) is 11.4 Å². The Labute approximate surface area is 127 Å². The highest BCUT2D eigenvalue weighted by Gasteiger charge is 2.34. The highest BCUT2D eigenvalue weighted by atomic mass is 79.9. The van der Waals surface area contributed by atoms with Crippen molar-refractivity contribution in [3.05, 3.63) is 16.1 Å². The third kappa shape index (κ3) is 2.39. The standard InChI is InChI=1S/C15H20BrNO3/c1-4-9-5-6-17(15(20)8(2)3)14-12(9)10(18)7-11(19)13(14)16/h7-9,18-19H,4-6H2,1-3H3/t9-/m1/s1. The van der Waals surface area contributed by atoms with E-state index in [1.807, 2.05) is 13.8 Å². The first-order valence-corrected chi connectivity index (χ1v) is 7.73. The van der Waals surface area contributed by atoms with Crippen LogP contribution in [0.2, 0.25) is 0 Å². The summed E-state index contributed by atoms with van der Waals surface area (Å²) in [6, 6.07) is 1.34. The number of carbonyl (C=O) groups excluding carboxylic acids is 1. The third-order valence-corrected chi connectivity index (χ3v) is 4.65. The maximum Gasteiger partial charge on any atom is 0.229 e. The Balaban J connectivity index is 2.64. The fourth-order valence-electron chi connectivity index (χ4n) is 2.78. The number of phenols is 2. The lowest BCUT2D eigenvalue weighted by Gasteiger charge is -2.36. The number of aromatic hydroxyl groups is 2. The first kappa shape index (κ1) is 15.2. The SMILES string of the molecule is CC[C@@H]1CCN(C(=O)C(C)C)c2c(Br)c(O)cc(O)c21. The molecule has 1 aliphatic heterocycles. The normalized spacial score (nSPS) is 18.2. The van der Waals surface area contributed by atoms with E-state index < -0.39 is 0 Å². The molecule has 4 nitrogen and oxygen atoms in total. The Morgan fingerprint density at radius 3 is 2.65 bits per heavy atom. The van der Waals surface area contributed by atoms with E-state index in [1.54, 1.807) is 4.90 Å². The van der Waals surface area contributed by atoms with Crippen LogP contribution in [0.15, 0.2) is 10.5 Å². The van der Waals surface area contributed by atoms with Crippen LogP contribution in [0.4, 0.5) is 5.69 Å². The number of amides is 1. The van der Waals surface area contributed by atoms with Gasteiger partial charge in [0.2, 0.25) is 5.91 Å². The van der Waals surface area contributed by atoms with Crippen molar-refractivity contribution in [1.82, 2.24) is 0 Å². The number of halogens is 1. The highest BCUT2D eigenvalue weighted by Crippen LogP contribution is 2.50. The van der Waals surface area contributed by atoms with Gasteiger partial charge in [-0.05, 0) is 34.7 Å². The summed E-state index contributed by atoms with van der Waals surface area (Å²) in [6.45, 7) is 6.38. The molecule has 1 aromatic carbocycles. The Hall–Kier alpha value is -1.23. The largest absolute Gasteiger partial charge is 0.507 e. The lowest BCUT2D eigenvalue weighted by Crippen LogP contribution is -2.39. The number of rotatable bonds is 2. The van der Waals surface area contributed by atoms with Gasteiger partial charge in [-0.2, -0.15) is 0 Å². The van der Waals surface area contributed by atoms with E-state index in [0.717, 1.165) is 18.4 Å². The zero-order valence-corrected chi connectivity index (χ0v) is 13.6. The van der Waals surface area contributed by atoms with Gasteiger partial charge in [-0.3, -0.25) is 4.79 Å². The molecule has 0 saturated heterocycles. The molecule has 0 spiro atoms. The van der Waals surface area contributed by atoms with Gasteiger partial charge in [-0.15, -0.1) is 0 Å². The molecule has 0 unspecified atom stereocenters. The summed E-state index contributed by atoms with van der Waals surface area (Å²) >= 11 is 3.36. The van der Waals surface area contributed by atoms with Crippen molar-refractivity contribution in [2.24, 2.45) is 5.92 Å². The highest BCUT2D eigenvalue weighted by molar-refractivity contribution is 9.10. The van der Waals surface area contributed by atoms with E-state index in [1.165, 1.54) is 6.07 Å². The van der Waals surface area contributed by atoms with E-state index in [2.05, 4.69) is 22.9 Å². The van der Waals surface area contributed by atoms with Gasteiger partial charge >= 0.3 is 0 Å².